The van der Waals surface area contributed by atoms with E-state index in [0.717, 1.165) is 24.3 Å². The van der Waals surface area contributed by atoms with Crippen molar-refractivity contribution < 1.29 is 30.7 Å². The molecule has 7 nitrogen and oxygen atoms in total. The molecule has 0 saturated carbocycles. The Hall–Kier alpha value is -2.07. The van der Waals surface area contributed by atoms with Crippen LogP contribution in [0.25, 0.3) is 11.1 Å². The van der Waals surface area contributed by atoms with Crippen molar-refractivity contribution in [1.29, 1.82) is 0 Å². The average molecular weight is 340 g/mol. The number of carbonyl (C=O) groups excluding carboxylic acids is 1. The molecule has 0 spiro atoms. The Morgan fingerprint density at radius 2 is 1.00 bits per heavy atom. The minimum Gasteiger partial charge on any atom is -0.289 e. The monoisotopic (exact) mass is 340 g/mol. The highest BCUT2D eigenvalue weighted by Gasteiger charge is 2.29. The van der Waals surface area contributed by atoms with Crippen LogP contribution < -0.4 is 0 Å². The van der Waals surface area contributed by atoms with Gasteiger partial charge in [-0.25, -0.2) is 0 Å². The zero-order valence-corrected chi connectivity index (χ0v) is 12.3. The highest BCUT2D eigenvalue weighted by Crippen LogP contribution is 2.38. The predicted molar refractivity (Wildman–Crippen MR) is 74.9 cm³/mol. The van der Waals surface area contributed by atoms with E-state index in [1.54, 1.807) is 0 Å². The van der Waals surface area contributed by atoms with E-state index in [1.807, 2.05) is 0 Å². The lowest BCUT2D eigenvalue weighted by Gasteiger charge is -2.02. The summed E-state index contributed by atoms with van der Waals surface area (Å²) in [5.41, 5.74) is 0.929. The van der Waals surface area contributed by atoms with Crippen LogP contribution in [0.1, 0.15) is 15.9 Å². The normalized spacial score (nSPS) is 13.8. The first-order valence-electron chi connectivity index (χ1n) is 5.87. The Morgan fingerprint density at radius 3 is 1.32 bits per heavy atom. The molecule has 0 unspecified atom stereocenters. The van der Waals surface area contributed by atoms with Gasteiger partial charge in [0.2, 0.25) is 0 Å². The Morgan fingerprint density at radius 1 is 0.636 bits per heavy atom. The van der Waals surface area contributed by atoms with E-state index in [0.29, 0.717) is 11.1 Å². The van der Waals surface area contributed by atoms with Crippen molar-refractivity contribution in [3.8, 4) is 11.1 Å². The zero-order chi connectivity index (χ0) is 16.3. The minimum absolute atomic E-state index is 0.0395. The number of ketones is 1. The van der Waals surface area contributed by atoms with Gasteiger partial charge >= 0.3 is 0 Å². The molecule has 1 aliphatic rings. The quantitative estimate of drug-likeness (QED) is 0.675. The van der Waals surface area contributed by atoms with E-state index in [1.165, 1.54) is 12.1 Å². The molecule has 2 aromatic carbocycles. The molecule has 2 N–H and O–H groups in total. The largest absolute Gasteiger partial charge is 0.294 e. The highest BCUT2D eigenvalue weighted by atomic mass is 32.2. The van der Waals surface area contributed by atoms with Crippen LogP contribution in [0.3, 0.4) is 0 Å². The summed E-state index contributed by atoms with van der Waals surface area (Å²) in [6, 6.07) is 7.06. The standard InChI is InChI=1S/C13H8O7S2/c14-13-11-5-7(21(15,16)17)1-3-9(11)10-4-2-8(6-12(10)13)22(18,19)20/h1-6H,(H,15,16,17)(H,18,19,20). The zero-order valence-electron chi connectivity index (χ0n) is 10.7. The van der Waals surface area contributed by atoms with E-state index >= 15 is 0 Å². The molecule has 114 valence electrons. The lowest BCUT2D eigenvalue weighted by molar-refractivity contribution is 0.104. The maximum absolute atomic E-state index is 12.3. The summed E-state index contributed by atoms with van der Waals surface area (Å²) >= 11 is 0. The van der Waals surface area contributed by atoms with Crippen molar-refractivity contribution in [3.05, 3.63) is 47.5 Å². The maximum atomic E-state index is 12.3. The third kappa shape index (κ3) is 2.24. The number of fused-ring (bicyclic) bond motifs is 3. The van der Waals surface area contributed by atoms with Gasteiger partial charge < -0.3 is 0 Å². The van der Waals surface area contributed by atoms with Gasteiger partial charge in [-0.2, -0.15) is 16.8 Å². The third-order valence-corrected chi connectivity index (χ3v) is 5.06. The van der Waals surface area contributed by atoms with Crippen LogP contribution in [-0.2, 0) is 20.2 Å². The molecule has 0 amide bonds. The van der Waals surface area contributed by atoms with Gasteiger partial charge in [-0.3, -0.25) is 13.9 Å². The summed E-state index contributed by atoms with van der Waals surface area (Å²) in [6.45, 7) is 0. The second kappa shape index (κ2) is 4.46. The van der Waals surface area contributed by atoms with E-state index in [4.69, 9.17) is 9.11 Å². The summed E-state index contributed by atoms with van der Waals surface area (Å²) < 4.78 is 62.6. The van der Waals surface area contributed by atoms with Gasteiger partial charge in [-0.15, -0.1) is 0 Å². The molecule has 0 aromatic heterocycles. The van der Waals surface area contributed by atoms with Crippen molar-refractivity contribution in [1.82, 2.24) is 0 Å². The van der Waals surface area contributed by atoms with Crippen LogP contribution in [0.15, 0.2) is 46.2 Å². The van der Waals surface area contributed by atoms with E-state index in [2.05, 4.69) is 0 Å². The fraction of sp³-hybridized carbons (Fsp3) is 0. The molecule has 22 heavy (non-hydrogen) atoms. The molecular weight excluding hydrogens is 332 g/mol. The number of hydrogen-bond acceptors (Lipinski definition) is 5. The van der Waals surface area contributed by atoms with Crippen molar-refractivity contribution in [3.63, 3.8) is 0 Å². The molecular formula is C13H8O7S2. The fourth-order valence-electron chi connectivity index (χ4n) is 2.36. The predicted octanol–water partition coefficient (Wildman–Crippen LogP) is 1.39. The average Bonchev–Trinajstić information content (AvgIpc) is 2.70. The van der Waals surface area contributed by atoms with Gasteiger partial charge in [0, 0.05) is 11.1 Å². The van der Waals surface area contributed by atoms with Crippen molar-refractivity contribution in [2.45, 2.75) is 9.79 Å². The minimum atomic E-state index is -4.45. The molecule has 3 rings (SSSR count). The lowest BCUT2D eigenvalue weighted by Crippen LogP contribution is -2.02. The van der Waals surface area contributed by atoms with Crippen LogP contribution in [-0.4, -0.2) is 31.7 Å². The Labute approximate surface area is 125 Å². The second-order valence-corrected chi connectivity index (χ2v) is 7.54. The smallest absolute Gasteiger partial charge is 0.289 e. The number of benzene rings is 2. The first-order chi connectivity index (χ1) is 10.1. The topological polar surface area (TPSA) is 126 Å². The maximum Gasteiger partial charge on any atom is 0.294 e. The molecule has 2 aromatic rings. The van der Waals surface area contributed by atoms with Crippen molar-refractivity contribution in [2.24, 2.45) is 0 Å². The number of hydrogen-bond donors (Lipinski definition) is 2. The van der Waals surface area contributed by atoms with E-state index < -0.39 is 35.8 Å². The van der Waals surface area contributed by atoms with Crippen LogP contribution >= 0.6 is 0 Å². The number of carbonyl (C=O) groups is 1. The fourth-order valence-corrected chi connectivity index (χ4v) is 3.37. The van der Waals surface area contributed by atoms with Crippen molar-refractivity contribution in [2.75, 3.05) is 0 Å². The SMILES string of the molecule is O=C1c2cc(S(=O)(=O)O)ccc2-c2ccc(S(=O)(=O)O)cc21. The van der Waals surface area contributed by atoms with Gasteiger partial charge in [0.1, 0.15) is 0 Å². The molecule has 0 radical (unpaired) electrons. The van der Waals surface area contributed by atoms with Gasteiger partial charge in [0.25, 0.3) is 20.2 Å². The molecule has 0 heterocycles. The van der Waals surface area contributed by atoms with Crippen LogP contribution in [0.5, 0.6) is 0 Å². The summed E-state index contributed by atoms with van der Waals surface area (Å²) in [6.07, 6.45) is 0. The molecule has 1 aliphatic carbocycles. The molecule has 0 fully saturated rings. The Bertz CT molecular complexity index is 951. The summed E-state index contributed by atoms with van der Waals surface area (Å²) in [5, 5.41) is 0. The Kier molecular flexibility index (Phi) is 3.01. The second-order valence-electron chi connectivity index (χ2n) is 4.69. The molecule has 0 aliphatic heterocycles. The van der Waals surface area contributed by atoms with Gasteiger partial charge in [0.15, 0.2) is 5.78 Å². The summed E-state index contributed by atoms with van der Waals surface area (Å²) in [4.78, 5) is 11.4. The van der Waals surface area contributed by atoms with E-state index in [-0.39, 0.29) is 11.1 Å². The van der Waals surface area contributed by atoms with Crippen LogP contribution in [0.4, 0.5) is 0 Å². The van der Waals surface area contributed by atoms with Crippen LogP contribution in [0.2, 0.25) is 0 Å². The lowest BCUT2D eigenvalue weighted by atomic mass is 10.1. The van der Waals surface area contributed by atoms with Gasteiger partial charge in [-0.05, 0) is 35.4 Å². The molecule has 0 atom stereocenters. The number of rotatable bonds is 2. The van der Waals surface area contributed by atoms with E-state index in [9.17, 15) is 21.6 Å². The molecule has 0 saturated heterocycles. The van der Waals surface area contributed by atoms with Gasteiger partial charge in [-0.1, -0.05) is 12.1 Å². The third-order valence-electron chi connectivity index (χ3n) is 3.36. The molecule has 0 bridgehead atoms. The summed E-state index contributed by atoms with van der Waals surface area (Å²) in [5.74, 6) is -0.582. The first-order valence-corrected chi connectivity index (χ1v) is 8.75. The van der Waals surface area contributed by atoms with Crippen LogP contribution in [0, 0.1) is 0 Å². The first kappa shape index (κ1) is 14.9. The van der Waals surface area contributed by atoms with Gasteiger partial charge in [0.05, 0.1) is 9.79 Å². The Balaban J connectivity index is 2.24. The molecule has 9 heteroatoms. The summed E-state index contributed by atoms with van der Waals surface area (Å²) in [7, 11) is -8.91. The highest BCUT2D eigenvalue weighted by molar-refractivity contribution is 7.86. The van der Waals surface area contributed by atoms with Crippen molar-refractivity contribution >= 4 is 26.0 Å².